The third-order valence-electron chi connectivity index (χ3n) is 3.96. The van der Waals surface area contributed by atoms with Crippen LogP contribution in [0.2, 0.25) is 0 Å². The van der Waals surface area contributed by atoms with Gasteiger partial charge in [-0.05, 0) is 19.3 Å². The molecule has 1 saturated heterocycles. The number of likely N-dealkylation sites (tertiary alicyclic amines) is 1. The van der Waals surface area contributed by atoms with E-state index in [-0.39, 0.29) is 53.0 Å². The molecule has 0 saturated carbocycles. The molecule has 3 nitrogen and oxygen atoms in total. The van der Waals surface area contributed by atoms with Crippen LogP contribution in [0.4, 0.5) is 0 Å². The van der Waals surface area contributed by atoms with E-state index in [1.165, 1.54) is 0 Å². The summed E-state index contributed by atoms with van der Waals surface area (Å²) in [5, 5.41) is 0. The summed E-state index contributed by atoms with van der Waals surface area (Å²) in [5.41, 5.74) is -0.336. The molecule has 1 heterocycles. The van der Waals surface area contributed by atoms with Crippen molar-refractivity contribution in [1.29, 1.82) is 0 Å². The lowest BCUT2D eigenvalue weighted by molar-refractivity contribution is -0.135. The molecule has 136 valence electrons. The van der Waals surface area contributed by atoms with Gasteiger partial charge in [-0.1, -0.05) is 64.3 Å². The molecule has 0 aromatic heterocycles. The Balaban J connectivity index is -0.000000405. The van der Waals surface area contributed by atoms with Gasteiger partial charge in [0.25, 0.3) is 0 Å². The average Bonchev–Trinajstić information content (AvgIpc) is 2.71. The molecule has 1 amide bonds. The van der Waals surface area contributed by atoms with E-state index in [2.05, 4.69) is 6.92 Å². The smallest absolute Gasteiger partial charge is 0.222 e. The summed E-state index contributed by atoms with van der Waals surface area (Å²) in [6, 6.07) is 0.220. The monoisotopic (exact) mass is 317 g/mol. The minimum atomic E-state index is -0.336. The standard InChI is InChI=1S/C15H27NO2.4CH4/c1-6-12(16-9-7-8-13(16)17)10-15(4,5)14(18)11(2)3;;;;/h11-12H,6-10H2,1-5H3;4*1H4. The molecule has 1 fully saturated rings. The van der Waals surface area contributed by atoms with Crippen molar-refractivity contribution >= 4 is 11.7 Å². The number of ketones is 1. The molecule has 0 spiro atoms. The second-order valence-electron chi connectivity index (χ2n) is 6.36. The summed E-state index contributed by atoms with van der Waals surface area (Å²) in [6.07, 6.45) is 3.36. The number of hydrogen-bond donors (Lipinski definition) is 0. The first kappa shape index (κ1) is 29.2. The minimum absolute atomic E-state index is 0. The second-order valence-corrected chi connectivity index (χ2v) is 6.36. The van der Waals surface area contributed by atoms with Crippen LogP contribution >= 0.6 is 0 Å². The Labute approximate surface area is 140 Å². The van der Waals surface area contributed by atoms with Crippen molar-refractivity contribution < 1.29 is 9.59 Å². The highest BCUT2D eigenvalue weighted by Crippen LogP contribution is 2.31. The van der Waals surface area contributed by atoms with E-state index in [9.17, 15) is 9.59 Å². The zero-order chi connectivity index (χ0) is 13.9. The highest BCUT2D eigenvalue weighted by atomic mass is 16.2. The van der Waals surface area contributed by atoms with E-state index in [1.54, 1.807) is 0 Å². The number of amides is 1. The molecule has 0 aromatic rings. The third kappa shape index (κ3) is 6.93. The van der Waals surface area contributed by atoms with Crippen molar-refractivity contribution in [2.24, 2.45) is 11.3 Å². The largest absolute Gasteiger partial charge is 0.340 e. The maximum absolute atomic E-state index is 12.2. The van der Waals surface area contributed by atoms with Gasteiger partial charge in [0.2, 0.25) is 5.91 Å². The zero-order valence-corrected chi connectivity index (χ0v) is 12.5. The summed E-state index contributed by atoms with van der Waals surface area (Å²) in [4.78, 5) is 26.0. The fourth-order valence-corrected chi connectivity index (χ4v) is 3.00. The van der Waals surface area contributed by atoms with Gasteiger partial charge in [0, 0.05) is 30.3 Å². The number of carbonyl (C=O) groups excluding carboxylic acids is 2. The van der Waals surface area contributed by atoms with Crippen molar-refractivity contribution in [2.45, 2.75) is 96.1 Å². The van der Waals surface area contributed by atoms with Gasteiger partial charge in [0.15, 0.2) is 0 Å². The minimum Gasteiger partial charge on any atom is -0.340 e. The summed E-state index contributed by atoms with van der Waals surface area (Å²) < 4.78 is 0. The van der Waals surface area contributed by atoms with Gasteiger partial charge in [-0.2, -0.15) is 0 Å². The van der Waals surface area contributed by atoms with Crippen LogP contribution in [0.3, 0.4) is 0 Å². The molecule has 0 bridgehead atoms. The Morgan fingerprint density at radius 3 is 2.00 bits per heavy atom. The first-order valence-electron chi connectivity index (χ1n) is 7.13. The summed E-state index contributed by atoms with van der Waals surface area (Å²) in [6.45, 7) is 10.9. The van der Waals surface area contributed by atoms with E-state index in [1.807, 2.05) is 32.6 Å². The maximum Gasteiger partial charge on any atom is 0.222 e. The van der Waals surface area contributed by atoms with Crippen molar-refractivity contribution in [2.75, 3.05) is 6.54 Å². The number of Topliss-reactive ketones (excluding diaryl/α,β-unsaturated/α-hetero) is 1. The van der Waals surface area contributed by atoms with E-state index in [4.69, 9.17) is 0 Å². The second kappa shape index (κ2) is 11.7. The van der Waals surface area contributed by atoms with Crippen LogP contribution in [-0.2, 0) is 9.59 Å². The molecular formula is C19H43NO2. The normalized spacial score (nSPS) is 15.2. The molecule has 0 radical (unpaired) electrons. The Morgan fingerprint density at radius 1 is 1.18 bits per heavy atom. The number of carbonyl (C=O) groups is 2. The van der Waals surface area contributed by atoms with Crippen molar-refractivity contribution in [3.05, 3.63) is 0 Å². The lowest BCUT2D eigenvalue weighted by Crippen LogP contribution is -2.41. The Hall–Kier alpha value is -0.860. The molecule has 1 aliphatic heterocycles. The van der Waals surface area contributed by atoms with Gasteiger partial charge >= 0.3 is 0 Å². The van der Waals surface area contributed by atoms with Crippen LogP contribution in [0.25, 0.3) is 0 Å². The fourth-order valence-electron chi connectivity index (χ4n) is 3.00. The van der Waals surface area contributed by atoms with E-state index >= 15 is 0 Å². The van der Waals surface area contributed by atoms with Crippen molar-refractivity contribution in [1.82, 2.24) is 4.90 Å². The fraction of sp³-hybridized carbons (Fsp3) is 0.895. The average molecular weight is 318 g/mol. The van der Waals surface area contributed by atoms with Gasteiger partial charge in [-0.25, -0.2) is 0 Å². The maximum atomic E-state index is 12.2. The molecule has 1 aliphatic rings. The third-order valence-corrected chi connectivity index (χ3v) is 3.96. The zero-order valence-electron chi connectivity index (χ0n) is 12.5. The molecule has 1 atom stereocenters. The van der Waals surface area contributed by atoms with Gasteiger partial charge in [-0.15, -0.1) is 0 Å². The van der Waals surface area contributed by atoms with Crippen LogP contribution in [-0.4, -0.2) is 29.2 Å². The van der Waals surface area contributed by atoms with E-state index < -0.39 is 0 Å². The van der Waals surface area contributed by atoms with E-state index in [0.29, 0.717) is 12.2 Å². The van der Waals surface area contributed by atoms with Gasteiger partial charge in [0.05, 0.1) is 0 Å². The van der Waals surface area contributed by atoms with Crippen molar-refractivity contribution in [3.63, 3.8) is 0 Å². The highest BCUT2D eigenvalue weighted by molar-refractivity contribution is 5.86. The number of nitrogens with zero attached hydrogens (tertiary/aromatic N) is 1. The van der Waals surface area contributed by atoms with Gasteiger partial charge in [-0.3, -0.25) is 9.59 Å². The topological polar surface area (TPSA) is 37.4 Å². The molecular weight excluding hydrogens is 274 g/mol. The first-order valence-corrected chi connectivity index (χ1v) is 7.13. The Kier molecular flexibility index (Phi) is 15.5. The molecule has 0 aliphatic carbocycles. The summed E-state index contributed by atoms with van der Waals surface area (Å²) in [5.74, 6) is 0.619. The lowest BCUT2D eigenvalue weighted by Gasteiger charge is -2.34. The quantitative estimate of drug-likeness (QED) is 0.642. The molecule has 1 rings (SSSR count). The molecule has 3 heteroatoms. The van der Waals surface area contributed by atoms with Crippen LogP contribution < -0.4 is 0 Å². The summed E-state index contributed by atoms with van der Waals surface area (Å²) in [7, 11) is 0. The number of hydrogen-bond acceptors (Lipinski definition) is 2. The Bertz CT molecular complexity index is 321. The van der Waals surface area contributed by atoms with Crippen LogP contribution in [0.5, 0.6) is 0 Å². The lowest BCUT2D eigenvalue weighted by atomic mass is 9.77. The van der Waals surface area contributed by atoms with Crippen LogP contribution in [0.15, 0.2) is 0 Å². The van der Waals surface area contributed by atoms with Gasteiger partial charge < -0.3 is 4.90 Å². The molecule has 0 aromatic carbocycles. The Morgan fingerprint density at radius 2 is 1.68 bits per heavy atom. The van der Waals surface area contributed by atoms with Crippen molar-refractivity contribution in [3.8, 4) is 0 Å². The highest BCUT2D eigenvalue weighted by Gasteiger charge is 2.36. The van der Waals surface area contributed by atoms with Crippen LogP contribution in [0, 0.1) is 11.3 Å². The molecule has 22 heavy (non-hydrogen) atoms. The predicted octanol–water partition coefficient (Wildman–Crippen LogP) is 5.57. The summed E-state index contributed by atoms with van der Waals surface area (Å²) >= 11 is 0. The number of rotatable bonds is 6. The SMILES string of the molecule is C.C.C.C.CCC(CC(C)(C)C(=O)C(C)C)N1CCCC1=O. The molecule has 1 unspecified atom stereocenters. The van der Waals surface area contributed by atoms with E-state index in [0.717, 1.165) is 25.8 Å². The predicted molar refractivity (Wildman–Crippen MR) is 100 cm³/mol. The van der Waals surface area contributed by atoms with Gasteiger partial charge in [0.1, 0.15) is 5.78 Å². The molecule has 0 N–H and O–H groups in total. The first-order chi connectivity index (χ1) is 8.29. The van der Waals surface area contributed by atoms with Crippen LogP contribution in [0.1, 0.15) is 90.0 Å².